The van der Waals surface area contributed by atoms with Gasteiger partial charge in [0, 0.05) is 23.3 Å². The number of likely N-dealkylation sites (tertiary alicyclic amines) is 1. The van der Waals surface area contributed by atoms with Gasteiger partial charge in [0.25, 0.3) is 11.8 Å². The number of anilines is 1. The smallest absolute Gasteiger partial charge is 0.477 e. The van der Waals surface area contributed by atoms with Gasteiger partial charge in [-0.05, 0) is 18.1 Å². The van der Waals surface area contributed by atoms with E-state index in [0.717, 1.165) is 39.5 Å². The number of β-lactam (4-membered cyclic amide) rings is 1. The van der Waals surface area contributed by atoms with Gasteiger partial charge in [-0.3, -0.25) is 19.3 Å². The number of hydrogen-bond donors (Lipinski definition) is 3. The summed E-state index contributed by atoms with van der Waals surface area (Å²) in [7, 11) is 0. The number of thiazole rings is 1. The van der Waals surface area contributed by atoms with Gasteiger partial charge in [-0.2, -0.15) is 26.3 Å². The maximum atomic E-state index is 12.9. The standard InChI is InChI=1S/C21H16F6N6O7S2/c22-20(23,24)6-32-2-1-7(14(32)35)3-8-4-41-16-11(15(36)33(16)12(8)17(37)38)30-13(34)10(9-5-42-19(28)29-9)31-40-18(39)21(25,26)27/h3,5,11,16H,1-2,4,6H2,(H2,28,29)(H,30,34)(H,37,38)/b7-3+,31-10-. The number of fused-ring (bicyclic) bond motifs is 1. The predicted molar refractivity (Wildman–Crippen MR) is 130 cm³/mol. The number of nitrogen functional groups attached to an aromatic ring is 1. The lowest BCUT2D eigenvalue weighted by Gasteiger charge is -2.49. The van der Waals surface area contributed by atoms with Crippen LogP contribution in [0.4, 0.5) is 31.5 Å². The largest absolute Gasteiger partial charge is 0.493 e. The molecule has 0 saturated carbocycles. The second kappa shape index (κ2) is 11.3. The molecule has 2 saturated heterocycles. The summed E-state index contributed by atoms with van der Waals surface area (Å²) in [6, 6.07) is -1.42. The Morgan fingerprint density at radius 3 is 2.50 bits per heavy atom. The van der Waals surface area contributed by atoms with Gasteiger partial charge in [-0.1, -0.05) is 5.16 Å². The topological polar surface area (TPSA) is 185 Å². The van der Waals surface area contributed by atoms with Crippen LogP contribution in [-0.2, 0) is 28.8 Å². The van der Waals surface area contributed by atoms with E-state index in [9.17, 15) is 55.4 Å². The normalized spacial score (nSPS) is 22.3. The van der Waals surface area contributed by atoms with Crippen molar-refractivity contribution >= 4 is 63.6 Å². The van der Waals surface area contributed by atoms with Crippen molar-refractivity contribution in [2.24, 2.45) is 5.16 Å². The number of oxime groups is 1. The molecule has 0 spiro atoms. The number of thioether (sulfide) groups is 1. The van der Waals surface area contributed by atoms with Crippen LogP contribution in [0, 0.1) is 0 Å². The first-order valence-corrected chi connectivity index (χ1v) is 13.3. The van der Waals surface area contributed by atoms with E-state index in [1.807, 2.05) is 0 Å². The fourth-order valence-electron chi connectivity index (χ4n) is 4.08. The van der Waals surface area contributed by atoms with E-state index in [-0.39, 0.29) is 40.7 Å². The van der Waals surface area contributed by atoms with Crippen LogP contribution < -0.4 is 11.1 Å². The Balaban J connectivity index is 1.54. The molecule has 42 heavy (non-hydrogen) atoms. The highest BCUT2D eigenvalue weighted by atomic mass is 32.2. The van der Waals surface area contributed by atoms with Crippen LogP contribution in [0.5, 0.6) is 0 Å². The molecule has 226 valence electrons. The van der Waals surface area contributed by atoms with Gasteiger partial charge >= 0.3 is 24.3 Å². The van der Waals surface area contributed by atoms with Gasteiger partial charge in [-0.25, -0.2) is 14.6 Å². The minimum Gasteiger partial charge on any atom is -0.477 e. The van der Waals surface area contributed by atoms with Gasteiger partial charge in [0.15, 0.2) is 10.8 Å². The van der Waals surface area contributed by atoms with Crippen LogP contribution in [0.15, 0.2) is 33.5 Å². The van der Waals surface area contributed by atoms with Crippen molar-refractivity contribution in [3.8, 4) is 0 Å². The summed E-state index contributed by atoms with van der Waals surface area (Å²) < 4.78 is 75.8. The highest BCUT2D eigenvalue weighted by molar-refractivity contribution is 8.00. The highest BCUT2D eigenvalue weighted by Gasteiger charge is 2.54. The zero-order chi connectivity index (χ0) is 31.1. The number of nitrogens with zero attached hydrogens (tertiary/aromatic N) is 4. The molecule has 0 aromatic carbocycles. The number of carboxylic acids is 1. The van der Waals surface area contributed by atoms with Gasteiger partial charge in [0.2, 0.25) is 5.91 Å². The van der Waals surface area contributed by atoms with Crippen molar-refractivity contribution in [3.05, 3.63) is 34.0 Å². The summed E-state index contributed by atoms with van der Waals surface area (Å²) >= 11 is 1.71. The molecule has 2 atom stereocenters. The van der Waals surface area contributed by atoms with Gasteiger partial charge in [0.1, 0.15) is 29.4 Å². The molecule has 2 fully saturated rings. The van der Waals surface area contributed by atoms with E-state index in [1.165, 1.54) is 0 Å². The van der Waals surface area contributed by atoms with Crippen molar-refractivity contribution < 1.29 is 60.3 Å². The van der Waals surface area contributed by atoms with Gasteiger partial charge in [-0.15, -0.1) is 23.1 Å². The maximum Gasteiger partial charge on any atom is 0.493 e. The molecule has 3 aliphatic rings. The Bertz CT molecular complexity index is 1450. The van der Waals surface area contributed by atoms with Crippen LogP contribution in [0.2, 0.25) is 0 Å². The van der Waals surface area contributed by atoms with Crippen molar-refractivity contribution in [1.82, 2.24) is 20.1 Å². The minimum atomic E-state index is -5.44. The van der Waals surface area contributed by atoms with E-state index < -0.39 is 71.4 Å². The van der Waals surface area contributed by atoms with Crippen LogP contribution >= 0.6 is 23.1 Å². The number of allylic oxidation sites excluding steroid dienone is 1. The van der Waals surface area contributed by atoms with E-state index in [4.69, 9.17) is 5.73 Å². The minimum absolute atomic E-state index is 0.0293. The number of nitrogens with one attached hydrogen (secondary N) is 1. The van der Waals surface area contributed by atoms with E-state index >= 15 is 0 Å². The summed E-state index contributed by atoms with van der Waals surface area (Å²) in [6.45, 7) is -1.72. The molecule has 4 heterocycles. The lowest BCUT2D eigenvalue weighted by atomic mass is 10.0. The molecule has 3 aliphatic heterocycles. The summed E-state index contributed by atoms with van der Waals surface area (Å²) in [5, 5.41) is 14.9. The zero-order valence-electron chi connectivity index (χ0n) is 20.5. The molecule has 13 nitrogen and oxygen atoms in total. The molecular weight excluding hydrogens is 626 g/mol. The molecule has 1 aromatic rings. The molecule has 1 aromatic heterocycles. The molecule has 0 aliphatic carbocycles. The molecule has 21 heteroatoms. The average Bonchev–Trinajstić information content (AvgIpc) is 3.45. The van der Waals surface area contributed by atoms with Crippen molar-refractivity contribution in [2.75, 3.05) is 24.6 Å². The Hall–Kier alpha value is -4.14. The molecule has 3 amide bonds. The second-order valence-electron chi connectivity index (χ2n) is 8.69. The third-order valence-electron chi connectivity index (χ3n) is 5.85. The lowest BCUT2D eigenvalue weighted by Crippen LogP contribution is -2.71. The number of hydrogen-bond acceptors (Lipinski definition) is 11. The quantitative estimate of drug-likeness (QED) is 0.0968. The van der Waals surface area contributed by atoms with E-state index in [0.29, 0.717) is 4.90 Å². The number of carboxylic acid groups (broad SMARTS) is 1. The predicted octanol–water partition coefficient (Wildman–Crippen LogP) is 0.994. The fraction of sp³-hybridized carbons (Fsp3) is 0.381. The molecule has 4 N–H and O–H groups in total. The average molecular weight is 643 g/mol. The molecule has 0 bridgehead atoms. The number of aliphatic carboxylic acids is 1. The summed E-state index contributed by atoms with van der Waals surface area (Å²) in [5.74, 6) is -7.67. The number of aromatic nitrogens is 1. The van der Waals surface area contributed by atoms with Crippen molar-refractivity contribution in [1.29, 1.82) is 0 Å². The maximum absolute atomic E-state index is 12.9. The van der Waals surface area contributed by atoms with Crippen molar-refractivity contribution in [3.63, 3.8) is 0 Å². The monoisotopic (exact) mass is 642 g/mol. The first-order chi connectivity index (χ1) is 19.5. The number of alkyl halides is 6. The number of amides is 3. The number of rotatable bonds is 7. The van der Waals surface area contributed by atoms with Crippen LogP contribution in [0.1, 0.15) is 12.1 Å². The second-order valence-corrected chi connectivity index (χ2v) is 10.7. The van der Waals surface area contributed by atoms with E-state index in [2.05, 4.69) is 20.3 Å². The Morgan fingerprint density at radius 1 is 1.24 bits per heavy atom. The summed E-state index contributed by atoms with van der Waals surface area (Å²) in [5.41, 5.74) is 3.48. The van der Waals surface area contributed by atoms with Gasteiger partial charge in [0.05, 0.1) is 0 Å². The van der Waals surface area contributed by atoms with Crippen LogP contribution in [0.3, 0.4) is 0 Å². The SMILES string of the molecule is Nc1nc(/C(=N/OC(=O)C(F)(F)F)C(=O)NC2C(=O)N3C(C(=O)O)=C(/C=C4\CCN(CC(F)(F)F)C4=O)CSC23)cs1. The Labute approximate surface area is 238 Å². The fourth-order valence-corrected chi connectivity index (χ4v) is 5.94. The summed E-state index contributed by atoms with van der Waals surface area (Å²) in [4.78, 5) is 70.2. The van der Waals surface area contributed by atoms with Gasteiger partial charge < -0.3 is 25.9 Å². The first-order valence-electron chi connectivity index (χ1n) is 11.3. The highest BCUT2D eigenvalue weighted by Crippen LogP contribution is 2.41. The molecular formula is C21H16F6N6O7S2. The molecule has 4 rings (SSSR count). The summed E-state index contributed by atoms with van der Waals surface area (Å²) in [6.07, 6.45) is -9.04. The third kappa shape index (κ3) is 6.35. The Kier molecular flexibility index (Phi) is 8.27. The number of nitrogens with two attached hydrogens (primary N) is 1. The van der Waals surface area contributed by atoms with Crippen molar-refractivity contribution in [2.45, 2.75) is 30.2 Å². The number of halogens is 6. The first kappa shape index (κ1) is 30.8. The zero-order valence-corrected chi connectivity index (χ0v) is 22.1. The third-order valence-corrected chi connectivity index (χ3v) is 7.83. The Morgan fingerprint density at radius 2 is 1.93 bits per heavy atom. The molecule has 0 radical (unpaired) electrons. The van der Waals surface area contributed by atoms with E-state index in [1.54, 1.807) is 0 Å². The lowest BCUT2D eigenvalue weighted by molar-refractivity contribution is -0.199. The van der Waals surface area contributed by atoms with Crippen LogP contribution in [0.25, 0.3) is 0 Å². The van der Waals surface area contributed by atoms with Crippen LogP contribution in [-0.4, -0.2) is 97.9 Å². The number of carbonyl (C=O) groups is 5. The molecule has 2 unspecified atom stereocenters. The number of carbonyl (C=O) groups excluding carboxylic acids is 4.